The van der Waals surface area contributed by atoms with Crippen molar-refractivity contribution in [3.63, 3.8) is 0 Å². The first-order valence-corrected chi connectivity index (χ1v) is 5.77. The predicted molar refractivity (Wildman–Crippen MR) is 73.6 cm³/mol. The Kier molecular flexibility index (Phi) is 4.37. The molecule has 0 radical (unpaired) electrons. The monoisotopic (exact) mass is 265 g/mol. The number of nitrogens with one attached hydrogen (secondary N) is 1. The first kappa shape index (κ1) is 14.8. The van der Waals surface area contributed by atoms with Gasteiger partial charge in [-0.1, -0.05) is 32.0 Å². The first-order chi connectivity index (χ1) is 8.81. The average Bonchev–Trinajstić information content (AvgIpc) is 2.36. The second kappa shape index (κ2) is 5.60. The average molecular weight is 265 g/mol. The van der Waals surface area contributed by atoms with Crippen molar-refractivity contribution >= 4 is 17.4 Å². The number of methoxy groups -OCH3 is 1. The van der Waals surface area contributed by atoms with Gasteiger partial charge in [0.15, 0.2) is 5.84 Å². The SMILES string of the molecule is COc1cccc(/C(N)=N/O)c1NC(=O)C(C)(C)C. The number of oxime groups is 1. The van der Waals surface area contributed by atoms with Crippen LogP contribution < -0.4 is 15.8 Å². The van der Waals surface area contributed by atoms with E-state index in [9.17, 15) is 4.79 Å². The van der Waals surface area contributed by atoms with E-state index in [1.807, 2.05) is 0 Å². The standard InChI is InChI=1S/C13H19N3O3/c1-13(2,3)12(17)15-10-8(11(14)16-18)6-5-7-9(10)19-4/h5-7,18H,1-4H3,(H2,14,16)(H,15,17). The Labute approximate surface area is 112 Å². The van der Waals surface area contributed by atoms with Crippen LogP contribution in [0.4, 0.5) is 5.69 Å². The van der Waals surface area contributed by atoms with Crippen LogP contribution in [0.1, 0.15) is 26.3 Å². The van der Waals surface area contributed by atoms with Gasteiger partial charge in [-0.3, -0.25) is 4.79 Å². The molecule has 0 aliphatic carbocycles. The van der Waals surface area contributed by atoms with Crippen molar-refractivity contribution in [1.82, 2.24) is 0 Å². The largest absolute Gasteiger partial charge is 0.495 e. The van der Waals surface area contributed by atoms with Gasteiger partial charge in [0.25, 0.3) is 0 Å². The van der Waals surface area contributed by atoms with E-state index in [0.717, 1.165) is 0 Å². The Morgan fingerprint density at radius 1 is 1.42 bits per heavy atom. The van der Waals surface area contributed by atoms with Crippen LogP contribution in [0.2, 0.25) is 0 Å². The summed E-state index contributed by atoms with van der Waals surface area (Å²) in [6, 6.07) is 5.02. The van der Waals surface area contributed by atoms with Crippen LogP contribution in [0.3, 0.4) is 0 Å². The minimum Gasteiger partial charge on any atom is -0.495 e. The van der Waals surface area contributed by atoms with Crippen molar-refractivity contribution in [2.24, 2.45) is 16.3 Å². The molecule has 0 fully saturated rings. The molecule has 19 heavy (non-hydrogen) atoms. The molecule has 4 N–H and O–H groups in total. The van der Waals surface area contributed by atoms with Crippen molar-refractivity contribution in [2.45, 2.75) is 20.8 Å². The van der Waals surface area contributed by atoms with Crippen LogP contribution in [0.15, 0.2) is 23.4 Å². The fourth-order valence-electron chi connectivity index (χ4n) is 1.40. The van der Waals surface area contributed by atoms with E-state index >= 15 is 0 Å². The summed E-state index contributed by atoms with van der Waals surface area (Å²) >= 11 is 0. The van der Waals surface area contributed by atoms with Gasteiger partial charge in [0.05, 0.1) is 12.8 Å². The molecule has 0 spiro atoms. The first-order valence-electron chi connectivity index (χ1n) is 5.77. The lowest BCUT2D eigenvalue weighted by molar-refractivity contribution is -0.123. The van der Waals surface area contributed by atoms with Gasteiger partial charge in [0, 0.05) is 11.0 Å². The number of amidine groups is 1. The number of hydrogen-bond acceptors (Lipinski definition) is 4. The van der Waals surface area contributed by atoms with Gasteiger partial charge in [0.1, 0.15) is 5.75 Å². The quantitative estimate of drug-likeness (QED) is 0.336. The zero-order valence-corrected chi connectivity index (χ0v) is 11.5. The van der Waals surface area contributed by atoms with E-state index < -0.39 is 5.41 Å². The van der Waals surface area contributed by atoms with Crippen molar-refractivity contribution in [3.05, 3.63) is 23.8 Å². The summed E-state index contributed by atoms with van der Waals surface area (Å²) in [5.41, 5.74) is 5.82. The summed E-state index contributed by atoms with van der Waals surface area (Å²) in [6.45, 7) is 5.38. The lowest BCUT2D eigenvalue weighted by atomic mass is 9.95. The van der Waals surface area contributed by atoms with Crippen molar-refractivity contribution in [1.29, 1.82) is 0 Å². The van der Waals surface area contributed by atoms with Crippen LogP contribution in [-0.4, -0.2) is 24.1 Å². The number of para-hydroxylation sites is 1. The summed E-state index contributed by atoms with van der Waals surface area (Å²) in [5, 5.41) is 14.5. The molecule has 6 heteroatoms. The van der Waals surface area contributed by atoms with Gasteiger partial charge in [-0.25, -0.2) is 0 Å². The van der Waals surface area contributed by atoms with E-state index in [1.165, 1.54) is 7.11 Å². The maximum atomic E-state index is 12.1. The molecule has 0 aliphatic heterocycles. The third-order valence-corrected chi connectivity index (χ3v) is 2.55. The summed E-state index contributed by atoms with van der Waals surface area (Å²) < 4.78 is 5.19. The molecule has 0 aliphatic rings. The van der Waals surface area contributed by atoms with Gasteiger partial charge in [-0.15, -0.1) is 0 Å². The van der Waals surface area contributed by atoms with Crippen LogP contribution in [0.5, 0.6) is 5.75 Å². The highest BCUT2D eigenvalue weighted by Gasteiger charge is 2.24. The number of benzene rings is 1. The normalized spacial score (nSPS) is 12.1. The number of hydrogen-bond donors (Lipinski definition) is 3. The number of nitrogens with two attached hydrogens (primary N) is 1. The molecule has 0 unspecified atom stereocenters. The number of carbonyl (C=O) groups is 1. The molecule has 1 aromatic rings. The molecular weight excluding hydrogens is 246 g/mol. The fourth-order valence-corrected chi connectivity index (χ4v) is 1.40. The van der Waals surface area contributed by atoms with Crippen molar-refractivity contribution in [2.75, 3.05) is 12.4 Å². The Balaban J connectivity index is 3.27. The molecule has 0 bridgehead atoms. The highest BCUT2D eigenvalue weighted by Crippen LogP contribution is 2.30. The molecule has 0 saturated heterocycles. The number of ether oxygens (including phenoxy) is 1. The molecular formula is C13H19N3O3. The smallest absolute Gasteiger partial charge is 0.229 e. The molecule has 0 atom stereocenters. The second-order valence-corrected chi connectivity index (χ2v) is 5.07. The van der Waals surface area contributed by atoms with E-state index in [-0.39, 0.29) is 11.7 Å². The van der Waals surface area contributed by atoms with Crippen LogP contribution in [0.25, 0.3) is 0 Å². The molecule has 0 aromatic heterocycles. The highest BCUT2D eigenvalue weighted by atomic mass is 16.5. The van der Waals surface area contributed by atoms with Gasteiger partial charge in [-0.05, 0) is 12.1 Å². The maximum absolute atomic E-state index is 12.1. The Hall–Kier alpha value is -2.24. The summed E-state index contributed by atoms with van der Waals surface area (Å²) in [6.07, 6.45) is 0. The third-order valence-electron chi connectivity index (χ3n) is 2.55. The molecule has 1 rings (SSSR count). The highest BCUT2D eigenvalue weighted by molar-refractivity contribution is 6.07. The molecule has 104 valence electrons. The van der Waals surface area contributed by atoms with E-state index in [2.05, 4.69) is 10.5 Å². The third kappa shape index (κ3) is 3.37. The lowest BCUT2D eigenvalue weighted by Crippen LogP contribution is -2.29. The van der Waals surface area contributed by atoms with Gasteiger partial charge in [-0.2, -0.15) is 0 Å². The van der Waals surface area contributed by atoms with E-state index in [4.69, 9.17) is 15.7 Å². The van der Waals surface area contributed by atoms with E-state index in [0.29, 0.717) is 17.0 Å². The summed E-state index contributed by atoms with van der Waals surface area (Å²) in [7, 11) is 1.48. The van der Waals surface area contributed by atoms with Crippen molar-refractivity contribution < 1.29 is 14.7 Å². The predicted octanol–water partition coefficient (Wildman–Crippen LogP) is 1.77. The topological polar surface area (TPSA) is 96.9 Å². The number of rotatable bonds is 3. The molecule has 6 nitrogen and oxygen atoms in total. The lowest BCUT2D eigenvalue weighted by Gasteiger charge is -2.20. The molecule has 0 saturated carbocycles. The van der Waals surface area contributed by atoms with Crippen LogP contribution in [-0.2, 0) is 4.79 Å². The number of nitrogens with zero attached hydrogens (tertiary/aromatic N) is 1. The number of amides is 1. The van der Waals surface area contributed by atoms with Gasteiger partial charge in [0.2, 0.25) is 5.91 Å². The zero-order chi connectivity index (χ0) is 14.6. The second-order valence-electron chi connectivity index (χ2n) is 5.07. The van der Waals surface area contributed by atoms with E-state index in [1.54, 1.807) is 39.0 Å². The summed E-state index contributed by atoms with van der Waals surface area (Å²) in [5.74, 6) is 0.161. The number of anilines is 1. The Morgan fingerprint density at radius 2 is 2.05 bits per heavy atom. The number of carbonyl (C=O) groups excluding carboxylic acids is 1. The van der Waals surface area contributed by atoms with Gasteiger partial charge >= 0.3 is 0 Å². The molecule has 1 aromatic carbocycles. The molecule has 0 heterocycles. The minimum atomic E-state index is -0.566. The van der Waals surface area contributed by atoms with Crippen molar-refractivity contribution in [3.8, 4) is 5.75 Å². The Bertz CT molecular complexity index is 504. The maximum Gasteiger partial charge on any atom is 0.229 e. The van der Waals surface area contributed by atoms with Gasteiger partial charge < -0.3 is 21.0 Å². The summed E-state index contributed by atoms with van der Waals surface area (Å²) in [4.78, 5) is 12.1. The van der Waals surface area contributed by atoms with Crippen LogP contribution in [0, 0.1) is 5.41 Å². The molecule has 1 amide bonds. The van der Waals surface area contributed by atoms with Crippen LogP contribution >= 0.6 is 0 Å². The fraction of sp³-hybridized carbons (Fsp3) is 0.385. The Morgan fingerprint density at radius 3 is 2.53 bits per heavy atom. The zero-order valence-electron chi connectivity index (χ0n) is 11.5. The minimum absolute atomic E-state index is 0.0943.